The van der Waals surface area contributed by atoms with Gasteiger partial charge in [-0.15, -0.1) is 0 Å². The summed E-state index contributed by atoms with van der Waals surface area (Å²) in [6.07, 6.45) is 5.43. The van der Waals surface area contributed by atoms with Crippen molar-refractivity contribution in [2.75, 3.05) is 0 Å². The van der Waals surface area contributed by atoms with Crippen molar-refractivity contribution in [3.63, 3.8) is 0 Å². The summed E-state index contributed by atoms with van der Waals surface area (Å²) in [4.78, 5) is 25.4. The third-order valence-corrected chi connectivity index (χ3v) is 5.81. The lowest BCUT2D eigenvalue weighted by Gasteiger charge is -2.71. The highest BCUT2D eigenvalue weighted by Crippen LogP contribution is 2.76. The lowest BCUT2D eigenvalue weighted by atomic mass is 9.30. The molecule has 114 valence electrons. The van der Waals surface area contributed by atoms with Gasteiger partial charge < -0.3 is 0 Å². The first kappa shape index (κ1) is 15.7. The quantitative estimate of drug-likeness (QED) is 0.714. The molecule has 3 saturated carbocycles. The maximum absolute atomic E-state index is 12.9. The van der Waals surface area contributed by atoms with Crippen molar-refractivity contribution in [1.29, 1.82) is 0 Å². The molecule has 0 aliphatic heterocycles. The van der Waals surface area contributed by atoms with Crippen LogP contribution in [0.2, 0.25) is 0 Å². The molecule has 3 aliphatic rings. The topological polar surface area (TPSA) is 34.1 Å². The van der Waals surface area contributed by atoms with Crippen LogP contribution in [-0.4, -0.2) is 11.6 Å². The Hall–Kier alpha value is -0.660. The van der Waals surface area contributed by atoms with Crippen LogP contribution >= 0.6 is 0 Å². The Balaban J connectivity index is 2.07. The molecule has 0 aromatic rings. The fourth-order valence-electron chi connectivity index (χ4n) is 4.71. The molecule has 2 heteroatoms. The van der Waals surface area contributed by atoms with E-state index in [1.54, 1.807) is 0 Å². The minimum atomic E-state index is -0.271. The molecule has 0 aromatic carbocycles. The van der Waals surface area contributed by atoms with Gasteiger partial charge >= 0.3 is 0 Å². The average molecular weight is 278 g/mol. The predicted octanol–water partition coefficient (Wildman–Crippen LogP) is 4.56. The molecule has 3 rings (SSSR count). The number of Topliss-reactive ketones (excluding diaryl/α,β-unsaturated/α-hetero) is 2. The summed E-state index contributed by atoms with van der Waals surface area (Å²) in [6, 6.07) is 0. The van der Waals surface area contributed by atoms with Gasteiger partial charge in [0.25, 0.3) is 0 Å². The van der Waals surface area contributed by atoms with E-state index in [2.05, 4.69) is 20.8 Å². The number of carbonyl (C=O) groups is 2. The molecule has 0 saturated heterocycles. The third kappa shape index (κ3) is 1.98. The molecule has 0 N–H and O–H groups in total. The van der Waals surface area contributed by atoms with E-state index in [1.165, 1.54) is 0 Å². The first-order valence-electron chi connectivity index (χ1n) is 8.15. The van der Waals surface area contributed by atoms with E-state index < -0.39 is 0 Å². The number of hydrogen-bond acceptors (Lipinski definition) is 2. The zero-order valence-corrected chi connectivity index (χ0v) is 14.1. The first-order chi connectivity index (χ1) is 9.05. The largest absolute Gasteiger partial charge is 0.298 e. The molecule has 1 atom stereocenters. The van der Waals surface area contributed by atoms with Gasteiger partial charge in [-0.25, -0.2) is 0 Å². The summed E-state index contributed by atoms with van der Waals surface area (Å²) < 4.78 is 0. The minimum absolute atomic E-state index is 0.138. The summed E-state index contributed by atoms with van der Waals surface area (Å²) in [5.41, 5.74) is -0.727. The number of carbonyl (C=O) groups excluding carboxylic acids is 2. The van der Waals surface area contributed by atoms with Crippen molar-refractivity contribution in [3.8, 4) is 0 Å². The van der Waals surface area contributed by atoms with Crippen molar-refractivity contribution in [1.82, 2.24) is 0 Å². The number of ketones is 2. The third-order valence-electron chi connectivity index (χ3n) is 5.81. The Bertz CT molecular complexity index is 421. The van der Waals surface area contributed by atoms with Crippen LogP contribution in [0, 0.1) is 21.7 Å². The molecule has 2 bridgehead atoms. The molecular formula is C18H30O2. The van der Waals surface area contributed by atoms with Gasteiger partial charge in [0.15, 0.2) is 0 Å². The van der Waals surface area contributed by atoms with E-state index in [1.807, 2.05) is 20.8 Å². The summed E-state index contributed by atoms with van der Waals surface area (Å²) in [5.74, 6) is 0.811. The van der Waals surface area contributed by atoms with Crippen LogP contribution < -0.4 is 0 Å². The second-order valence-electron chi connectivity index (χ2n) is 8.66. The second-order valence-corrected chi connectivity index (χ2v) is 8.66. The van der Waals surface area contributed by atoms with E-state index in [0.29, 0.717) is 11.6 Å². The fourth-order valence-corrected chi connectivity index (χ4v) is 4.71. The Kier molecular flexibility index (Phi) is 3.47. The van der Waals surface area contributed by atoms with Crippen LogP contribution in [0.4, 0.5) is 0 Å². The van der Waals surface area contributed by atoms with E-state index in [-0.39, 0.29) is 21.7 Å². The van der Waals surface area contributed by atoms with Crippen LogP contribution in [0.3, 0.4) is 0 Å². The van der Waals surface area contributed by atoms with Gasteiger partial charge in [-0.1, -0.05) is 48.0 Å². The fraction of sp³-hybridized carbons (Fsp3) is 0.889. The molecule has 0 amide bonds. The molecule has 20 heavy (non-hydrogen) atoms. The zero-order chi connectivity index (χ0) is 15.4. The predicted molar refractivity (Wildman–Crippen MR) is 81.5 cm³/mol. The van der Waals surface area contributed by atoms with Crippen molar-refractivity contribution < 1.29 is 9.59 Å². The molecule has 0 spiro atoms. The molecule has 3 fully saturated rings. The molecule has 2 nitrogen and oxygen atoms in total. The van der Waals surface area contributed by atoms with Crippen molar-refractivity contribution in [3.05, 3.63) is 0 Å². The second kappa shape index (κ2) is 4.42. The standard InChI is InChI=1S/C18H30O2/c1-7-9-16(6,8-2)14(20)18-10-17(11-18,12-18)13(19)15(3,4)5/h7-12H2,1-6H3. The Morgan fingerprint density at radius 3 is 1.70 bits per heavy atom. The highest BCUT2D eigenvalue weighted by Gasteiger charge is 2.75. The summed E-state index contributed by atoms with van der Waals surface area (Å²) in [7, 11) is 0. The van der Waals surface area contributed by atoms with Gasteiger partial charge in [-0.3, -0.25) is 9.59 Å². The van der Waals surface area contributed by atoms with Crippen LogP contribution in [0.1, 0.15) is 80.1 Å². The van der Waals surface area contributed by atoms with Gasteiger partial charge in [0.05, 0.1) is 0 Å². The summed E-state index contributed by atoms with van der Waals surface area (Å²) >= 11 is 0. The van der Waals surface area contributed by atoms with E-state index in [9.17, 15) is 9.59 Å². The molecule has 1 unspecified atom stereocenters. The van der Waals surface area contributed by atoms with Crippen LogP contribution in [-0.2, 0) is 9.59 Å². The monoisotopic (exact) mass is 278 g/mol. The lowest BCUT2D eigenvalue weighted by Crippen LogP contribution is -2.71. The normalized spacial score (nSPS) is 34.7. The Morgan fingerprint density at radius 2 is 1.35 bits per heavy atom. The summed E-state index contributed by atoms with van der Waals surface area (Å²) in [6.45, 7) is 12.4. The molecular weight excluding hydrogens is 248 g/mol. The molecule has 0 heterocycles. The van der Waals surface area contributed by atoms with Crippen molar-refractivity contribution in [2.24, 2.45) is 21.7 Å². The maximum atomic E-state index is 12.9. The Labute approximate surface area is 123 Å². The van der Waals surface area contributed by atoms with E-state index in [4.69, 9.17) is 0 Å². The average Bonchev–Trinajstić information content (AvgIpc) is 2.24. The van der Waals surface area contributed by atoms with E-state index in [0.717, 1.165) is 38.5 Å². The smallest absolute Gasteiger partial charge is 0.144 e. The number of rotatable bonds is 6. The van der Waals surface area contributed by atoms with Gasteiger partial charge in [0.1, 0.15) is 11.6 Å². The highest BCUT2D eigenvalue weighted by molar-refractivity contribution is 6.01. The molecule has 0 aromatic heterocycles. The number of hydrogen-bond donors (Lipinski definition) is 0. The van der Waals surface area contributed by atoms with Gasteiger partial charge in [0.2, 0.25) is 0 Å². The zero-order valence-electron chi connectivity index (χ0n) is 14.1. The van der Waals surface area contributed by atoms with Crippen LogP contribution in [0.25, 0.3) is 0 Å². The highest BCUT2D eigenvalue weighted by atomic mass is 16.1. The SMILES string of the molecule is CCCC(C)(CC)C(=O)C12CC(C(=O)C(C)(C)C)(C1)C2. The minimum Gasteiger partial charge on any atom is -0.298 e. The first-order valence-corrected chi connectivity index (χ1v) is 8.15. The van der Waals surface area contributed by atoms with Crippen LogP contribution in [0.5, 0.6) is 0 Å². The van der Waals surface area contributed by atoms with Crippen molar-refractivity contribution >= 4 is 11.6 Å². The Morgan fingerprint density at radius 1 is 0.900 bits per heavy atom. The maximum Gasteiger partial charge on any atom is 0.144 e. The summed E-state index contributed by atoms with van der Waals surface area (Å²) in [5, 5.41) is 0. The van der Waals surface area contributed by atoms with Crippen LogP contribution in [0.15, 0.2) is 0 Å². The van der Waals surface area contributed by atoms with E-state index >= 15 is 0 Å². The molecule has 3 aliphatic carbocycles. The lowest BCUT2D eigenvalue weighted by molar-refractivity contribution is -0.216. The molecule has 0 radical (unpaired) electrons. The van der Waals surface area contributed by atoms with Gasteiger partial charge in [-0.2, -0.15) is 0 Å². The van der Waals surface area contributed by atoms with Gasteiger partial charge in [-0.05, 0) is 32.1 Å². The van der Waals surface area contributed by atoms with Crippen molar-refractivity contribution in [2.45, 2.75) is 80.1 Å². The van der Waals surface area contributed by atoms with Gasteiger partial charge in [0, 0.05) is 21.7 Å².